The van der Waals surface area contributed by atoms with Crippen LogP contribution in [0, 0.1) is 29.0 Å². The molecular formula is C21H28FN3O4S. The van der Waals surface area contributed by atoms with E-state index in [0.717, 1.165) is 31.4 Å². The summed E-state index contributed by atoms with van der Waals surface area (Å²) in [5.41, 5.74) is 3.78. The van der Waals surface area contributed by atoms with E-state index < -0.39 is 37.6 Å². The second-order valence-corrected chi connectivity index (χ2v) is 11.4. The Morgan fingerprint density at radius 1 is 1.13 bits per heavy atom. The van der Waals surface area contributed by atoms with Gasteiger partial charge in [0.25, 0.3) is 0 Å². The quantitative estimate of drug-likeness (QED) is 0.627. The summed E-state index contributed by atoms with van der Waals surface area (Å²) in [5.74, 6) is -0.814. The van der Waals surface area contributed by atoms with Gasteiger partial charge in [-0.15, -0.1) is 0 Å². The lowest BCUT2D eigenvalue weighted by atomic mass is 9.47. The molecule has 0 spiro atoms. The highest BCUT2D eigenvalue weighted by Gasteiger charge is 2.58. The molecule has 4 bridgehead atoms. The highest BCUT2D eigenvalue weighted by molar-refractivity contribution is 7.89. The van der Waals surface area contributed by atoms with Crippen LogP contribution >= 0.6 is 0 Å². The fraction of sp³-hybridized carbons (Fsp3) is 0.619. The summed E-state index contributed by atoms with van der Waals surface area (Å²) >= 11 is 0. The first-order chi connectivity index (χ1) is 13.9. The average Bonchev–Trinajstić information content (AvgIpc) is 2.63. The second kappa shape index (κ2) is 7.02. The first-order valence-corrected chi connectivity index (χ1v) is 11.8. The largest absolute Gasteiger partial charge is 0.369 e. The Morgan fingerprint density at radius 3 is 2.30 bits per heavy atom. The Morgan fingerprint density at radius 2 is 1.73 bits per heavy atom. The molecule has 0 heterocycles. The van der Waals surface area contributed by atoms with Crippen molar-refractivity contribution in [2.24, 2.45) is 28.9 Å². The van der Waals surface area contributed by atoms with E-state index in [1.54, 1.807) is 0 Å². The van der Waals surface area contributed by atoms with Crippen molar-refractivity contribution in [3.63, 3.8) is 0 Å². The highest BCUT2D eigenvalue weighted by Crippen LogP contribution is 2.59. The number of sulfonamides is 1. The molecule has 0 unspecified atom stereocenters. The van der Waals surface area contributed by atoms with Gasteiger partial charge in [0.15, 0.2) is 0 Å². The molecule has 1 aromatic carbocycles. The molecule has 5 rings (SSSR count). The smallest absolute Gasteiger partial charge is 0.244 e. The molecular weight excluding hydrogens is 409 g/mol. The molecule has 0 saturated heterocycles. The predicted octanol–water partition coefficient (Wildman–Crippen LogP) is 1.68. The number of carbonyl (C=O) groups is 2. The van der Waals surface area contributed by atoms with E-state index in [4.69, 9.17) is 5.73 Å². The number of hydrogen-bond donors (Lipinski definition) is 3. The minimum Gasteiger partial charge on any atom is -0.369 e. The lowest BCUT2D eigenvalue weighted by molar-refractivity contribution is -0.148. The third kappa shape index (κ3) is 3.51. The van der Waals surface area contributed by atoms with Crippen LogP contribution in [0.1, 0.15) is 46.0 Å². The summed E-state index contributed by atoms with van der Waals surface area (Å²) < 4.78 is 41.6. The van der Waals surface area contributed by atoms with Gasteiger partial charge < -0.3 is 11.1 Å². The average molecular weight is 438 g/mol. The molecule has 4 N–H and O–H groups in total. The van der Waals surface area contributed by atoms with Crippen LogP contribution in [0.5, 0.6) is 0 Å². The monoisotopic (exact) mass is 437 g/mol. The molecule has 1 aromatic rings. The van der Waals surface area contributed by atoms with Gasteiger partial charge in [-0.25, -0.2) is 12.8 Å². The van der Waals surface area contributed by atoms with E-state index in [0.29, 0.717) is 18.8 Å². The number of rotatable bonds is 6. The van der Waals surface area contributed by atoms with E-state index in [2.05, 4.69) is 10.0 Å². The zero-order valence-electron chi connectivity index (χ0n) is 17.2. The molecule has 0 aliphatic heterocycles. The van der Waals surface area contributed by atoms with Crippen LogP contribution in [0.2, 0.25) is 0 Å². The van der Waals surface area contributed by atoms with Crippen LogP contribution in [-0.4, -0.2) is 31.8 Å². The molecule has 30 heavy (non-hydrogen) atoms. The summed E-state index contributed by atoms with van der Waals surface area (Å²) in [7, 11) is -4.22. The number of hydrogen-bond acceptors (Lipinski definition) is 4. The molecule has 7 nitrogen and oxygen atoms in total. The summed E-state index contributed by atoms with van der Waals surface area (Å²) in [5, 5.41) is 3.04. The summed E-state index contributed by atoms with van der Waals surface area (Å²) in [4.78, 5) is 24.6. The minimum atomic E-state index is -4.22. The summed E-state index contributed by atoms with van der Waals surface area (Å²) in [6.45, 7) is 2.92. The van der Waals surface area contributed by atoms with Gasteiger partial charge in [0.2, 0.25) is 21.8 Å². The van der Waals surface area contributed by atoms with Crippen molar-refractivity contribution >= 4 is 21.8 Å². The van der Waals surface area contributed by atoms with Crippen LogP contribution in [0.3, 0.4) is 0 Å². The maximum absolute atomic E-state index is 14.0. The molecule has 164 valence electrons. The van der Waals surface area contributed by atoms with E-state index in [9.17, 15) is 22.4 Å². The number of nitrogens with one attached hydrogen (secondary N) is 2. The van der Waals surface area contributed by atoms with E-state index in [-0.39, 0.29) is 23.8 Å². The maximum atomic E-state index is 14.0. The van der Waals surface area contributed by atoms with Crippen molar-refractivity contribution in [1.82, 2.24) is 10.0 Å². The van der Waals surface area contributed by atoms with Crippen LogP contribution in [0.15, 0.2) is 29.2 Å². The Bertz CT molecular complexity index is 978. The van der Waals surface area contributed by atoms with E-state index in [1.165, 1.54) is 26.0 Å². The Kier molecular flexibility index (Phi) is 4.97. The molecule has 9 heteroatoms. The third-order valence-electron chi connectivity index (χ3n) is 7.18. The second-order valence-electron chi connectivity index (χ2n) is 9.77. The van der Waals surface area contributed by atoms with E-state index in [1.807, 2.05) is 0 Å². The third-order valence-corrected chi connectivity index (χ3v) is 8.87. The van der Waals surface area contributed by atoms with Gasteiger partial charge in [0.1, 0.15) is 16.3 Å². The van der Waals surface area contributed by atoms with Crippen LogP contribution < -0.4 is 15.8 Å². The van der Waals surface area contributed by atoms with Gasteiger partial charge >= 0.3 is 0 Å². The van der Waals surface area contributed by atoms with Crippen LogP contribution in [0.25, 0.3) is 0 Å². The first kappa shape index (κ1) is 21.2. The maximum Gasteiger partial charge on any atom is 0.244 e. The highest BCUT2D eigenvalue weighted by atomic mass is 32.2. The van der Waals surface area contributed by atoms with Crippen molar-refractivity contribution in [3.8, 4) is 0 Å². The van der Waals surface area contributed by atoms with Gasteiger partial charge in [-0.05, 0) is 75.8 Å². The van der Waals surface area contributed by atoms with Crippen molar-refractivity contribution in [2.75, 3.05) is 0 Å². The van der Waals surface area contributed by atoms with Crippen LogP contribution in [0.4, 0.5) is 4.39 Å². The van der Waals surface area contributed by atoms with Gasteiger partial charge in [-0.2, -0.15) is 4.72 Å². The van der Waals surface area contributed by atoms with Gasteiger partial charge in [-0.3, -0.25) is 9.59 Å². The predicted molar refractivity (Wildman–Crippen MR) is 108 cm³/mol. The number of carbonyl (C=O) groups excluding carboxylic acids is 2. The SMILES string of the molecule is CC(C)(NS(=O)(=O)c1ccccc1F)C(=O)NC1[C@H]2CC3C[C@H]1CC(C(N)=O)(C3)C2. The van der Waals surface area contributed by atoms with Crippen molar-refractivity contribution in [1.29, 1.82) is 0 Å². The van der Waals surface area contributed by atoms with Crippen molar-refractivity contribution in [2.45, 2.75) is 62.4 Å². The lowest BCUT2D eigenvalue weighted by Gasteiger charge is -2.59. The molecule has 0 aromatic heterocycles. The normalized spacial score (nSPS) is 32.8. The standard InChI is InChI=1S/C21H28FN3O4S/c1-20(2,25-30(28,29)16-6-4-3-5-15(16)22)19(27)24-17-13-7-12-8-14(17)11-21(9-12,10-13)18(23)26/h3-6,12-14,17,25H,7-11H2,1-2H3,(H2,23,26)(H,24,27)/t12?,13-,14-,17?,21?/m0/s1. The first-order valence-electron chi connectivity index (χ1n) is 10.3. The molecule has 4 saturated carbocycles. The Hall–Kier alpha value is -2.00. The van der Waals surface area contributed by atoms with Gasteiger partial charge in [0, 0.05) is 11.5 Å². The Labute approximate surface area is 176 Å². The van der Waals surface area contributed by atoms with E-state index >= 15 is 0 Å². The molecule has 0 radical (unpaired) electrons. The van der Waals surface area contributed by atoms with Crippen molar-refractivity contribution < 1.29 is 22.4 Å². The number of amides is 2. The molecule has 4 fully saturated rings. The zero-order valence-corrected chi connectivity index (χ0v) is 18.0. The van der Waals surface area contributed by atoms with Gasteiger partial charge in [0.05, 0.1) is 0 Å². The fourth-order valence-corrected chi connectivity index (χ4v) is 7.45. The minimum absolute atomic E-state index is 0.112. The lowest BCUT2D eigenvalue weighted by Crippen LogP contribution is -2.65. The molecule has 2 amide bonds. The number of halogens is 1. The molecule has 4 aliphatic carbocycles. The molecule has 2 atom stereocenters. The number of nitrogens with two attached hydrogens (primary N) is 1. The van der Waals surface area contributed by atoms with Crippen molar-refractivity contribution in [3.05, 3.63) is 30.1 Å². The topological polar surface area (TPSA) is 118 Å². The summed E-state index contributed by atoms with van der Waals surface area (Å²) in [6.07, 6.45) is 4.06. The summed E-state index contributed by atoms with van der Waals surface area (Å²) in [6, 6.07) is 4.93. The fourth-order valence-electron chi connectivity index (χ4n) is 5.99. The number of benzene rings is 1. The van der Waals surface area contributed by atoms with Gasteiger partial charge in [-0.1, -0.05) is 12.1 Å². The number of primary amides is 1. The Balaban J connectivity index is 1.49. The van der Waals surface area contributed by atoms with Crippen LogP contribution in [-0.2, 0) is 19.6 Å². The molecule has 4 aliphatic rings. The zero-order chi connectivity index (χ0) is 21.9.